The van der Waals surface area contributed by atoms with Gasteiger partial charge >= 0.3 is 17.9 Å². The molecule has 0 N–H and O–H groups in total. The fourth-order valence-corrected chi connectivity index (χ4v) is 15.0. The molecule has 4 atom stereocenters. The summed E-state index contributed by atoms with van der Waals surface area (Å²) >= 11 is 0. The van der Waals surface area contributed by atoms with Crippen LogP contribution in [0.25, 0.3) is 22.7 Å². The average molecular weight is 1390 g/mol. The highest BCUT2D eigenvalue weighted by molar-refractivity contribution is 6.03. The van der Waals surface area contributed by atoms with E-state index < -0.39 is 23.8 Å². The van der Waals surface area contributed by atoms with Crippen molar-refractivity contribution < 1.29 is 75.9 Å². The number of carbonyl (C=O) groups excluding carboxylic acids is 8. The van der Waals surface area contributed by atoms with Crippen LogP contribution in [-0.2, 0) is 14.2 Å². The quantitative estimate of drug-likeness (QED) is 0.0660. The van der Waals surface area contributed by atoms with Gasteiger partial charge in [-0.1, -0.05) is 0 Å². The molecule has 12 heterocycles. The number of fused-ring (bicyclic) bond motifs is 20. The van der Waals surface area contributed by atoms with Crippen LogP contribution in [0.15, 0.2) is 98.1 Å². The Balaban J connectivity index is 0.000000115. The SMILES string of the molecule is COc1ccc2c(c1)C(=O)N1CCC[C@H]1c1c(C(=O)OC(C)(C)F)ncn1-2.COc1ccc2c(c1)C(=O)N1CCC[C@H]1c1c(C(=O)OC(C)C)ncn1-2.COc1ccc2c(c1)C(=O)N1CCC[C@H]1c1c(C(=O)OC3CC3)ncn1-2.COc1ccc2c(c1)C(=O)N1CCC[C@H]1c1c(C(C)=O)ncn1-2. The molecular weight excluding hydrogens is 1320 g/mol. The number of Topliss-reactive ketones (excluding diaryl/α,β-unsaturated/α-hetero) is 1. The molecule has 1 aliphatic carbocycles. The van der Waals surface area contributed by atoms with Crippen molar-refractivity contribution >= 4 is 47.3 Å². The van der Waals surface area contributed by atoms with Crippen molar-refractivity contribution in [3.63, 3.8) is 0 Å². The molecule has 8 aromatic rings. The second kappa shape index (κ2) is 27.1. The standard InChI is InChI=1S/C19H20FN3O4.C19H19N3O4.C19H21N3O4.C17H17N3O3/c1-19(2,20)27-18(25)15-16-14-5-4-8-22(14)17(24)12-9-11(26-3)6-7-13(12)23(16)10-21-15;1-25-12-6-7-14-13(9-12)18(23)21-8-2-3-15(21)17-16(20-10-22(14)17)19(24)26-11-4-5-11;1-11(2)26-19(24)16-17-15-5-4-8-21(15)18(23)13-9-12(25-3)6-7-14(13)22(17)10-20-16;1-10(21)15-16-14-4-3-7-19(14)17(22)12-8-11(23-2)5-6-13(12)20(16)9-18-15/h6-7,9-10,14H,4-5,8H2,1-3H3;6-7,9-11,15H,2-5,8H2,1H3;6-7,9-11,15H,4-5,8H2,1-3H3;5-6,8-9,14H,3-4,7H2,1-2H3/t14-;2*15-;14-/m0000/s1. The molecule has 530 valence electrons. The van der Waals surface area contributed by atoms with Gasteiger partial charge in [-0.25, -0.2) is 34.3 Å². The van der Waals surface area contributed by atoms with E-state index in [0.29, 0.717) is 106 Å². The van der Waals surface area contributed by atoms with Crippen molar-refractivity contribution in [1.29, 1.82) is 0 Å². The molecule has 4 saturated heterocycles. The van der Waals surface area contributed by atoms with E-state index in [1.165, 1.54) is 20.4 Å². The molecular formula is C74H77FN12O15. The number of carbonyl (C=O) groups is 8. The minimum atomic E-state index is -2.12. The third kappa shape index (κ3) is 12.2. The van der Waals surface area contributed by atoms with Crippen LogP contribution in [0.5, 0.6) is 23.0 Å². The topological polar surface area (TPSA) is 285 Å². The van der Waals surface area contributed by atoms with E-state index in [9.17, 15) is 42.7 Å². The summed E-state index contributed by atoms with van der Waals surface area (Å²) in [7, 11) is 6.27. The lowest BCUT2D eigenvalue weighted by Gasteiger charge is -2.23. The highest BCUT2D eigenvalue weighted by Crippen LogP contribution is 2.46. The minimum absolute atomic E-state index is 0.0143. The summed E-state index contributed by atoms with van der Waals surface area (Å²) in [5, 5.41) is 0. The Morgan fingerprint density at radius 3 is 1.02 bits per heavy atom. The predicted octanol–water partition coefficient (Wildman–Crippen LogP) is 10.6. The Labute approximate surface area is 586 Å². The van der Waals surface area contributed by atoms with E-state index in [1.54, 1.807) is 106 Å². The zero-order chi connectivity index (χ0) is 71.7. The molecule has 102 heavy (non-hydrogen) atoms. The van der Waals surface area contributed by atoms with Gasteiger partial charge in [-0.3, -0.25) is 42.2 Å². The number of ether oxygens (including phenoxy) is 7. The minimum Gasteiger partial charge on any atom is -0.497 e. The van der Waals surface area contributed by atoms with Gasteiger partial charge in [0.25, 0.3) is 23.6 Å². The smallest absolute Gasteiger partial charge is 0.361 e. The molecule has 27 nitrogen and oxygen atoms in total. The highest BCUT2D eigenvalue weighted by atomic mass is 19.2. The van der Waals surface area contributed by atoms with Crippen LogP contribution in [0.3, 0.4) is 0 Å². The first-order valence-electron chi connectivity index (χ1n) is 34.2. The van der Waals surface area contributed by atoms with E-state index in [-0.39, 0.29) is 77.2 Å². The maximum absolute atomic E-state index is 13.8. The number of hydrogen-bond acceptors (Lipinski definition) is 19. The molecule has 4 amide bonds. The maximum atomic E-state index is 13.8. The van der Waals surface area contributed by atoms with Crippen LogP contribution < -0.4 is 18.9 Å². The monoisotopic (exact) mass is 1390 g/mol. The number of methoxy groups -OCH3 is 4. The van der Waals surface area contributed by atoms with E-state index in [0.717, 1.165) is 100 Å². The molecule has 4 aromatic heterocycles. The van der Waals surface area contributed by atoms with Crippen molar-refractivity contribution in [3.8, 4) is 45.7 Å². The number of amides is 4. The number of halogens is 1. The molecule has 0 radical (unpaired) electrons. The lowest BCUT2D eigenvalue weighted by Crippen LogP contribution is -2.31. The Morgan fingerprint density at radius 2 is 0.735 bits per heavy atom. The van der Waals surface area contributed by atoms with Gasteiger partial charge in [0.05, 0.1) is 126 Å². The zero-order valence-electron chi connectivity index (χ0n) is 58.0. The number of rotatable bonds is 11. The molecule has 1 saturated carbocycles. The van der Waals surface area contributed by atoms with Gasteiger partial charge in [0, 0.05) is 47.0 Å². The first kappa shape index (κ1) is 68.0. The second-order valence-corrected chi connectivity index (χ2v) is 26.9. The molecule has 0 unspecified atom stereocenters. The Hall–Kier alpha value is -11.2. The van der Waals surface area contributed by atoms with Crippen molar-refractivity contribution in [2.45, 2.75) is 141 Å². The van der Waals surface area contributed by atoms with E-state index in [1.807, 2.05) is 58.7 Å². The third-order valence-electron chi connectivity index (χ3n) is 19.7. The van der Waals surface area contributed by atoms with Gasteiger partial charge in [0.1, 0.15) is 60.1 Å². The number of nitrogens with zero attached hydrogens (tertiary/aromatic N) is 12. The summed E-state index contributed by atoms with van der Waals surface area (Å²) in [4.78, 5) is 127. The number of ketones is 1. The summed E-state index contributed by atoms with van der Waals surface area (Å²) in [6.45, 7) is 10.0. The summed E-state index contributed by atoms with van der Waals surface area (Å²) < 4.78 is 58.0. The van der Waals surface area contributed by atoms with Crippen molar-refractivity contribution in [3.05, 3.63) is 166 Å². The van der Waals surface area contributed by atoms with Crippen LogP contribution in [0.2, 0.25) is 0 Å². The number of benzene rings is 4. The van der Waals surface area contributed by atoms with E-state index in [2.05, 4.69) is 19.9 Å². The Bertz CT molecular complexity index is 4590. The van der Waals surface area contributed by atoms with E-state index in [4.69, 9.17) is 33.2 Å². The second-order valence-electron chi connectivity index (χ2n) is 26.9. The number of hydrogen-bond donors (Lipinski definition) is 0. The predicted molar refractivity (Wildman–Crippen MR) is 362 cm³/mol. The molecule has 0 spiro atoms. The molecule has 0 bridgehead atoms. The Morgan fingerprint density at radius 1 is 0.441 bits per heavy atom. The van der Waals surface area contributed by atoms with Gasteiger partial charge in [0.15, 0.2) is 22.9 Å². The third-order valence-corrected chi connectivity index (χ3v) is 19.7. The summed E-state index contributed by atoms with van der Waals surface area (Å²) in [5.74, 6) is -1.64. The summed E-state index contributed by atoms with van der Waals surface area (Å²) in [5.41, 5.74) is 8.93. The number of imidazole rings is 4. The average Bonchev–Trinajstić information content (AvgIpc) is 1.61. The lowest BCUT2D eigenvalue weighted by molar-refractivity contribution is -0.0764. The maximum Gasteiger partial charge on any atom is 0.361 e. The van der Waals surface area contributed by atoms with Gasteiger partial charge < -0.3 is 52.8 Å². The zero-order valence-corrected chi connectivity index (χ0v) is 58.0. The van der Waals surface area contributed by atoms with Crippen LogP contribution >= 0.6 is 0 Å². The molecule has 28 heteroatoms. The van der Waals surface area contributed by atoms with Crippen molar-refractivity contribution in [2.75, 3.05) is 54.6 Å². The van der Waals surface area contributed by atoms with E-state index >= 15 is 0 Å². The first-order valence-corrected chi connectivity index (χ1v) is 34.2. The molecule has 8 aliphatic heterocycles. The van der Waals surface area contributed by atoms with Gasteiger partial charge in [-0.15, -0.1) is 0 Å². The molecule has 17 rings (SSSR count). The first-order chi connectivity index (χ1) is 49.1. The number of aromatic nitrogens is 8. The van der Waals surface area contributed by atoms with Gasteiger partial charge in [-0.05, 0) is 151 Å². The normalized spacial score (nSPS) is 19.1. The van der Waals surface area contributed by atoms with Crippen LogP contribution in [0.4, 0.5) is 4.39 Å². The van der Waals surface area contributed by atoms with Crippen molar-refractivity contribution in [1.82, 2.24) is 57.8 Å². The number of alkyl halides is 1. The fraction of sp³-hybridized carbons (Fsp3) is 0.405. The largest absolute Gasteiger partial charge is 0.497 e. The molecule has 4 aromatic carbocycles. The summed E-state index contributed by atoms with van der Waals surface area (Å²) in [6.07, 6.45) is 14.7. The Kier molecular flexibility index (Phi) is 18.0. The molecule has 9 aliphatic rings. The summed E-state index contributed by atoms with van der Waals surface area (Å²) in [6, 6.07) is 20.7. The van der Waals surface area contributed by atoms with Crippen LogP contribution in [-0.4, -0.2) is 178 Å². The van der Waals surface area contributed by atoms with Crippen molar-refractivity contribution in [2.24, 2.45) is 0 Å². The van der Waals surface area contributed by atoms with Gasteiger partial charge in [0.2, 0.25) is 5.85 Å². The van der Waals surface area contributed by atoms with Gasteiger partial charge in [-0.2, -0.15) is 4.39 Å². The highest BCUT2D eigenvalue weighted by Gasteiger charge is 2.46. The van der Waals surface area contributed by atoms with Crippen LogP contribution in [0, 0.1) is 0 Å². The number of esters is 3. The molecule has 5 fully saturated rings. The van der Waals surface area contributed by atoms with Crippen LogP contribution in [0.1, 0.15) is 229 Å². The fourth-order valence-electron chi connectivity index (χ4n) is 15.0. The lowest BCUT2D eigenvalue weighted by atomic mass is 10.1.